The second-order valence-corrected chi connectivity index (χ2v) is 7.86. The topological polar surface area (TPSA) is 0 Å². The molecule has 0 aromatic carbocycles. The Kier molecular flexibility index (Phi) is 20.7. The lowest BCUT2D eigenvalue weighted by Gasteiger charge is -2.23. The van der Waals surface area contributed by atoms with Gasteiger partial charge in [-0.1, -0.05) is 107 Å². The molecule has 1 unspecified atom stereocenters. The lowest BCUT2D eigenvalue weighted by atomic mass is 9.83. The van der Waals surface area contributed by atoms with Crippen molar-refractivity contribution in [3.8, 4) is 0 Å². The number of hydrogen-bond acceptors (Lipinski definition) is 0. The number of hydrogen-bond donors (Lipinski definition) is 0. The highest BCUT2D eigenvalue weighted by Crippen LogP contribution is 2.29. The monoisotopic (exact) mass is 312 g/mol. The van der Waals surface area contributed by atoms with Gasteiger partial charge in [0.05, 0.1) is 0 Å². The van der Waals surface area contributed by atoms with E-state index in [-0.39, 0.29) is 0 Å². The van der Waals surface area contributed by atoms with Crippen LogP contribution in [-0.2, 0) is 0 Å². The molecule has 0 heteroatoms. The minimum Gasteiger partial charge on any atom is -0.0822 e. The minimum atomic E-state index is 0.542. The zero-order valence-corrected chi connectivity index (χ0v) is 18.0. The van der Waals surface area contributed by atoms with Gasteiger partial charge in [0.15, 0.2) is 0 Å². The van der Waals surface area contributed by atoms with Crippen LogP contribution in [0.2, 0.25) is 0 Å². The second kappa shape index (κ2) is 17.1. The Hall–Kier alpha value is -0.260. The van der Waals surface area contributed by atoms with Gasteiger partial charge in [0, 0.05) is 0 Å². The fourth-order valence-electron chi connectivity index (χ4n) is 1.52. The quantitative estimate of drug-likeness (QED) is 0.455. The van der Waals surface area contributed by atoms with Crippen molar-refractivity contribution >= 4 is 0 Å². The predicted molar refractivity (Wildman–Crippen MR) is 108 cm³/mol. The molecule has 0 amide bonds. The van der Waals surface area contributed by atoms with Gasteiger partial charge in [-0.05, 0) is 37.0 Å². The number of allylic oxidation sites excluding steroid dienone is 2. The molecule has 1 aliphatic carbocycles. The fourth-order valence-corrected chi connectivity index (χ4v) is 1.52. The number of rotatable bonds is 4. The van der Waals surface area contributed by atoms with E-state index < -0.39 is 0 Å². The molecular weight excluding hydrogens is 264 g/mol. The molecule has 136 valence electrons. The van der Waals surface area contributed by atoms with Crippen molar-refractivity contribution in [1.29, 1.82) is 0 Å². The van der Waals surface area contributed by atoms with Crippen LogP contribution in [0.5, 0.6) is 0 Å². The van der Waals surface area contributed by atoms with Crippen molar-refractivity contribution in [2.45, 2.75) is 115 Å². The van der Waals surface area contributed by atoms with Crippen LogP contribution in [0.25, 0.3) is 0 Å². The summed E-state index contributed by atoms with van der Waals surface area (Å²) in [5, 5.41) is 0. The van der Waals surface area contributed by atoms with Crippen molar-refractivity contribution in [1.82, 2.24) is 0 Å². The molecule has 0 radical (unpaired) electrons. The molecule has 1 rings (SSSR count). The SMILES string of the molecule is CC.CC1=CC(CCC(C)C)C1.CCC(C)(C)C.CCCC. The lowest BCUT2D eigenvalue weighted by molar-refractivity contribution is 0.398. The van der Waals surface area contributed by atoms with Crippen molar-refractivity contribution in [3.05, 3.63) is 11.6 Å². The smallest absolute Gasteiger partial charge is 0.0194 e. The Morgan fingerprint density at radius 2 is 1.41 bits per heavy atom. The molecule has 0 fully saturated rings. The predicted octanol–water partition coefficient (Wildman–Crippen LogP) is 8.66. The summed E-state index contributed by atoms with van der Waals surface area (Å²) in [6, 6.07) is 0. The number of unbranched alkanes of at least 4 members (excludes halogenated alkanes) is 1. The maximum atomic E-state index is 2.42. The first-order valence-corrected chi connectivity index (χ1v) is 9.83. The van der Waals surface area contributed by atoms with Crippen LogP contribution < -0.4 is 0 Å². The Morgan fingerprint density at radius 3 is 1.59 bits per heavy atom. The third-order valence-corrected chi connectivity index (χ3v) is 3.78. The minimum absolute atomic E-state index is 0.542. The van der Waals surface area contributed by atoms with Crippen molar-refractivity contribution in [2.75, 3.05) is 0 Å². The molecule has 0 aromatic rings. The lowest BCUT2D eigenvalue weighted by Crippen LogP contribution is -2.08. The Morgan fingerprint density at radius 1 is 1.05 bits per heavy atom. The molecule has 0 aliphatic heterocycles. The molecule has 0 saturated carbocycles. The average molecular weight is 313 g/mol. The molecule has 22 heavy (non-hydrogen) atoms. The van der Waals surface area contributed by atoms with Gasteiger partial charge < -0.3 is 0 Å². The van der Waals surface area contributed by atoms with E-state index >= 15 is 0 Å². The van der Waals surface area contributed by atoms with E-state index in [4.69, 9.17) is 0 Å². The largest absolute Gasteiger partial charge is 0.0822 e. The summed E-state index contributed by atoms with van der Waals surface area (Å²) in [6.45, 7) is 24.1. The van der Waals surface area contributed by atoms with Crippen molar-refractivity contribution < 1.29 is 0 Å². The highest BCUT2D eigenvalue weighted by atomic mass is 14.2. The summed E-state index contributed by atoms with van der Waals surface area (Å²) in [4.78, 5) is 0. The van der Waals surface area contributed by atoms with Gasteiger partial charge in [0.1, 0.15) is 0 Å². The zero-order valence-electron chi connectivity index (χ0n) is 18.0. The summed E-state index contributed by atoms with van der Waals surface area (Å²) < 4.78 is 0. The highest BCUT2D eigenvalue weighted by molar-refractivity contribution is 5.13. The van der Waals surface area contributed by atoms with Gasteiger partial charge in [-0.3, -0.25) is 0 Å². The van der Waals surface area contributed by atoms with Gasteiger partial charge in [-0.2, -0.15) is 0 Å². The van der Waals surface area contributed by atoms with E-state index in [0.29, 0.717) is 5.41 Å². The summed E-state index contributed by atoms with van der Waals surface area (Å²) in [5.74, 6) is 1.82. The summed E-state index contributed by atoms with van der Waals surface area (Å²) in [5.41, 5.74) is 2.13. The molecular formula is C22H48. The van der Waals surface area contributed by atoms with Crippen LogP contribution in [0.3, 0.4) is 0 Å². The molecule has 0 saturated heterocycles. The molecule has 1 aliphatic rings. The van der Waals surface area contributed by atoms with E-state index in [9.17, 15) is 0 Å². The second-order valence-electron chi connectivity index (χ2n) is 7.86. The Balaban J connectivity index is -0.000000259. The maximum Gasteiger partial charge on any atom is -0.0194 e. The molecule has 0 nitrogen and oxygen atoms in total. The molecule has 0 spiro atoms. The Labute approximate surface area is 144 Å². The van der Waals surface area contributed by atoms with Gasteiger partial charge in [0.25, 0.3) is 0 Å². The summed E-state index contributed by atoms with van der Waals surface area (Å²) >= 11 is 0. The van der Waals surface area contributed by atoms with Gasteiger partial charge >= 0.3 is 0 Å². The zero-order chi connectivity index (χ0) is 18.2. The first-order valence-electron chi connectivity index (χ1n) is 9.83. The first-order chi connectivity index (χ1) is 10.2. The van der Waals surface area contributed by atoms with E-state index in [0.717, 1.165) is 11.8 Å². The maximum absolute atomic E-state index is 2.42. The molecule has 0 heterocycles. The molecule has 0 aromatic heterocycles. The highest BCUT2D eigenvalue weighted by Gasteiger charge is 2.14. The molecule has 1 atom stereocenters. The van der Waals surface area contributed by atoms with Crippen LogP contribution in [0.15, 0.2) is 11.6 Å². The normalized spacial score (nSPS) is 16.0. The third-order valence-electron chi connectivity index (χ3n) is 3.78. The average Bonchev–Trinajstić information content (AvgIpc) is 2.44. The molecule has 0 N–H and O–H groups in total. The van der Waals surface area contributed by atoms with Crippen LogP contribution in [-0.4, -0.2) is 0 Å². The fraction of sp³-hybridized carbons (Fsp3) is 0.909. The van der Waals surface area contributed by atoms with E-state index in [1.54, 1.807) is 5.57 Å². The van der Waals surface area contributed by atoms with Crippen LogP contribution in [0, 0.1) is 17.3 Å². The van der Waals surface area contributed by atoms with Crippen LogP contribution in [0.1, 0.15) is 115 Å². The Bertz CT molecular complexity index is 225. The van der Waals surface area contributed by atoms with E-state index in [1.165, 1.54) is 38.5 Å². The van der Waals surface area contributed by atoms with E-state index in [1.807, 2.05) is 13.8 Å². The van der Waals surface area contributed by atoms with E-state index in [2.05, 4.69) is 68.4 Å². The summed E-state index contributed by atoms with van der Waals surface area (Å²) in [6.07, 6.45) is 10.5. The van der Waals surface area contributed by atoms with Crippen LogP contribution in [0.4, 0.5) is 0 Å². The summed E-state index contributed by atoms with van der Waals surface area (Å²) in [7, 11) is 0. The van der Waals surface area contributed by atoms with Gasteiger partial charge in [0.2, 0.25) is 0 Å². The standard InChI is InChI=1S/C10H18.C6H14.C4H10.C2H6/c1-8(2)4-5-10-6-9(3)7-10;1-5-6(2,3)4;1-3-4-2;1-2/h6,8,10H,4-5,7H2,1-3H3;5H2,1-4H3;3-4H2,1-2H3;1-2H3. The molecule has 0 bridgehead atoms. The van der Waals surface area contributed by atoms with Gasteiger partial charge in [-0.15, -0.1) is 0 Å². The first kappa shape index (κ1) is 26.6. The van der Waals surface area contributed by atoms with Crippen molar-refractivity contribution in [3.63, 3.8) is 0 Å². The van der Waals surface area contributed by atoms with Crippen molar-refractivity contribution in [2.24, 2.45) is 17.3 Å². The van der Waals surface area contributed by atoms with Crippen LogP contribution >= 0.6 is 0 Å². The third kappa shape index (κ3) is 24.7. The van der Waals surface area contributed by atoms with Gasteiger partial charge in [-0.25, -0.2) is 0 Å².